The van der Waals surface area contributed by atoms with Crippen molar-refractivity contribution in [2.75, 3.05) is 64.5 Å². The fourth-order valence-corrected chi connectivity index (χ4v) is 4.90. The lowest BCUT2D eigenvalue weighted by Gasteiger charge is -2.17. The number of aliphatic hydroxyl groups excluding tert-OH is 1. The van der Waals surface area contributed by atoms with Gasteiger partial charge in [0.1, 0.15) is 19.8 Å². The lowest BCUT2D eigenvalue weighted by atomic mass is 9.97. The molecule has 2 aromatic carbocycles. The average Bonchev–Trinajstić information content (AvgIpc) is 3.53. The van der Waals surface area contributed by atoms with Gasteiger partial charge >= 0.3 is 6.16 Å². The smallest absolute Gasteiger partial charge is 0.432 e. The molecule has 1 atom stereocenters. The Morgan fingerprint density at radius 2 is 1.43 bits per heavy atom. The minimum absolute atomic E-state index is 0.0464. The van der Waals surface area contributed by atoms with E-state index in [1.165, 1.54) is 20.0 Å². The number of nitrogens with one attached hydrogen (secondary N) is 2. The standard InChI is InChI=1S/C28H31N3O10.C5H12O/c1-38-15-24(33)29-17-4-6-19-20-7-5-18(30-25(34)16-39-11-3-2-10-32)13-22(20)23(21(19)12-17)14-40-28(37)41-31-26(35)8-9-27(31)36;1-3-4-5-6-2/h4-7,12-13,23,32H,2-3,8-11,14-16H2,1H3,(H,29,33)(H,30,34);3-5H2,1-2H3. The van der Waals surface area contributed by atoms with E-state index in [9.17, 15) is 24.0 Å². The van der Waals surface area contributed by atoms with Crippen LogP contribution in [0.3, 0.4) is 0 Å². The predicted molar refractivity (Wildman–Crippen MR) is 170 cm³/mol. The van der Waals surface area contributed by atoms with Gasteiger partial charge < -0.3 is 34.7 Å². The van der Waals surface area contributed by atoms with Crippen LogP contribution in [-0.2, 0) is 43.0 Å². The van der Waals surface area contributed by atoms with Crippen LogP contribution in [0.25, 0.3) is 11.1 Å². The Morgan fingerprint density at radius 1 is 0.830 bits per heavy atom. The van der Waals surface area contributed by atoms with Gasteiger partial charge in [0.15, 0.2) is 0 Å². The van der Waals surface area contributed by atoms with Gasteiger partial charge in [-0.3, -0.25) is 24.0 Å². The van der Waals surface area contributed by atoms with Crippen molar-refractivity contribution in [3.05, 3.63) is 47.5 Å². The normalized spacial score (nSPS) is 14.6. The molecule has 2 aromatic rings. The predicted octanol–water partition coefficient (Wildman–Crippen LogP) is 3.76. The first kappa shape index (κ1) is 37.1. The number of amides is 4. The van der Waals surface area contributed by atoms with Crippen molar-refractivity contribution < 1.29 is 52.9 Å². The number of hydroxylamine groups is 2. The number of unbranched alkanes of at least 4 members (excludes halogenated alkanes) is 2. The molecule has 1 heterocycles. The highest BCUT2D eigenvalue weighted by molar-refractivity contribution is 6.01. The van der Waals surface area contributed by atoms with E-state index in [1.807, 2.05) is 12.1 Å². The molecule has 0 bridgehead atoms. The molecule has 0 saturated carbocycles. The lowest BCUT2D eigenvalue weighted by molar-refractivity contribution is -0.177. The third-order valence-electron chi connectivity index (χ3n) is 7.16. The van der Waals surface area contributed by atoms with Crippen LogP contribution in [0.4, 0.5) is 16.2 Å². The molecule has 0 aromatic heterocycles. The van der Waals surface area contributed by atoms with Gasteiger partial charge in [-0.15, -0.1) is 0 Å². The summed E-state index contributed by atoms with van der Waals surface area (Å²) in [6, 6.07) is 10.7. The Bertz CT molecular complexity index is 1380. The summed E-state index contributed by atoms with van der Waals surface area (Å²) < 4.78 is 20.3. The molecule has 3 N–H and O–H groups in total. The molecule has 47 heavy (non-hydrogen) atoms. The van der Waals surface area contributed by atoms with Crippen LogP contribution in [0, 0.1) is 0 Å². The number of ether oxygens (including phenoxy) is 4. The van der Waals surface area contributed by atoms with Gasteiger partial charge in [-0.2, -0.15) is 0 Å². The number of aliphatic hydroxyl groups is 1. The SMILES string of the molecule is CCCCOC.COCC(=O)Nc1ccc2c(c1)C(COC(=O)ON1C(=O)CCC1=O)c1cc(NC(=O)COCCCCO)ccc1-2. The number of benzene rings is 2. The topological polar surface area (TPSA) is 179 Å². The average molecular weight is 658 g/mol. The second-order valence-corrected chi connectivity index (χ2v) is 10.7. The zero-order chi connectivity index (χ0) is 34.2. The van der Waals surface area contributed by atoms with Gasteiger partial charge in [-0.1, -0.05) is 30.5 Å². The Kier molecular flexibility index (Phi) is 15.3. The zero-order valence-corrected chi connectivity index (χ0v) is 27.0. The van der Waals surface area contributed by atoms with Gasteiger partial charge in [-0.25, -0.2) is 4.79 Å². The van der Waals surface area contributed by atoms with Crippen molar-refractivity contribution >= 4 is 41.2 Å². The van der Waals surface area contributed by atoms with Gasteiger partial charge in [0.2, 0.25) is 11.8 Å². The van der Waals surface area contributed by atoms with Gasteiger partial charge in [0.25, 0.3) is 11.8 Å². The second-order valence-electron chi connectivity index (χ2n) is 10.7. The maximum absolute atomic E-state index is 12.4. The number of rotatable bonds is 16. The molecule has 1 aliphatic heterocycles. The summed E-state index contributed by atoms with van der Waals surface area (Å²) in [5.74, 6) is -2.48. The molecule has 0 radical (unpaired) electrons. The van der Waals surface area contributed by atoms with Crippen LogP contribution in [-0.4, -0.2) is 93.8 Å². The first-order chi connectivity index (χ1) is 22.7. The van der Waals surface area contributed by atoms with E-state index >= 15 is 0 Å². The molecule has 0 spiro atoms. The van der Waals surface area contributed by atoms with Crippen molar-refractivity contribution in [2.45, 2.75) is 51.4 Å². The molecule has 256 valence electrons. The summed E-state index contributed by atoms with van der Waals surface area (Å²) in [5.41, 5.74) is 4.15. The summed E-state index contributed by atoms with van der Waals surface area (Å²) in [7, 11) is 3.14. The number of imide groups is 1. The van der Waals surface area contributed by atoms with Crippen molar-refractivity contribution in [2.24, 2.45) is 0 Å². The third-order valence-corrected chi connectivity index (χ3v) is 7.16. The minimum atomic E-state index is -1.21. The number of hydrogen-bond acceptors (Lipinski definition) is 11. The molecular weight excluding hydrogens is 614 g/mol. The van der Waals surface area contributed by atoms with Crippen molar-refractivity contribution in [3.8, 4) is 11.1 Å². The van der Waals surface area contributed by atoms with E-state index in [0.717, 1.165) is 28.9 Å². The maximum Gasteiger partial charge on any atom is 0.533 e. The third kappa shape index (κ3) is 11.1. The van der Waals surface area contributed by atoms with E-state index in [1.54, 1.807) is 31.4 Å². The molecule has 4 amide bonds. The lowest BCUT2D eigenvalue weighted by Crippen LogP contribution is -2.32. The van der Waals surface area contributed by atoms with Crippen LogP contribution in [0.2, 0.25) is 0 Å². The Labute approximate surface area is 273 Å². The highest BCUT2D eigenvalue weighted by Gasteiger charge is 2.35. The Hall–Kier alpha value is -4.37. The summed E-state index contributed by atoms with van der Waals surface area (Å²) >= 11 is 0. The van der Waals surface area contributed by atoms with Crippen LogP contribution < -0.4 is 10.6 Å². The zero-order valence-electron chi connectivity index (χ0n) is 27.0. The first-order valence-electron chi connectivity index (χ1n) is 15.5. The monoisotopic (exact) mass is 657 g/mol. The number of carbonyl (C=O) groups is 5. The van der Waals surface area contributed by atoms with E-state index < -0.39 is 23.9 Å². The van der Waals surface area contributed by atoms with Gasteiger partial charge in [0, 0.05) is 64.2 Å². The van der Waals surface area contributed by atoms with Gasteiger partial charge in [0.05, 0.1) is 0 Å². The van der Waals surface area contributed by atoms with Crippen LogP contribution in [0.15, 0.2) is 36.4 Å². The summed E-state index contributed by atoms with van der Waals surface area (Å²) in [6.45, 7) is 2.98. The van der Waals surface area contributed by atoms with Crippen molar-refractivity contribution in [1.82, 2.24) is 5.06 Å². The fraction of sp³-hybridized carbons (Fsp3) is 0.485. The van der Waals surface area contributed by atoms with E-state index in [-0.39, 0.29) is 51.1 Å². The molecule has 4 rings (SSSR count). The number of carbonyl (C=O) groups excluding carboxylic acids is 5. The number of nitrogens with zero attached hydrogens (tertiary/aromatic N) is 1. The summed E-state index contributed by atoms with van der Waals surface area (Å²) in [6.07, 6.45) is 2.34. The Morgan fingerprint density at radius 3 is 1.94 bits per heavy atom. The molecule has 1 fully saturated rings. The Balaban J connectivity index is 0.000000913. The van der Waals surface area contributed by atoms with E-state index in [2.05, 4.69) is 17.6 Å². The minimum Gasteiger partial charge on any atom is -0.432 e. The summed E-state index contributed by atoms with van der Waals surface area (Å²) in [5, 5.41) is 14.8. The second kappa shape index (κ2) is 19.3. The van der Waals surface area contributed by atoms with Gasteiger partial charge in [-0.05, 0) is 65.8 Å². The molecule has 14 nitrogen and oxygen atoms in total. The number of hydrogen-bond donors (Lipinski definition) is 3. The summed E-state index contributed by atoms with van der Waals surface area (Å²) in [4.78, 5) is 65.3. The quantitative estimate of drug-likeness (QED) is 0.136. The number of methoxy groups -OCH3 is 2. The largest absolute Gasteiger partial charge is 0.533 e. The van der Waals surface area contributed by atoms with E-state index in [0.29, 0.717) is 35.9 Å². The molecular formula is C33H43N3O11. The van der Waals surface area contributed by atoms with Crippen LogP contribution in [0.1, 0.15) is 62.5 Å². The molecule has 1 aliphatic carbocycles. The molecule has 1 saturated heterocycles. The first-order valence-corrected chi connectivity index (χ1v) is 15.5. The van der Waals surface area contributed by atoms with Crippen molar-refractivity contribution in [1.29, 1.82) is 0 Å². The fourth-order valence-electron chi connectivity index (χ4n) is 4.90. The highest BCUT2D eigenvalue weighted by Crippen LogP contribution is 2.47. The highest BCUT2D eigenvalue weighted by atomic mass is 16.8. The van der Waals surface area contributed by atoms with Crippen LogP contribution in [0.5, 0.6) is 0 Å². The van der Waals surface area contributed by atoms with Crippen molar-refractivity contribution in [3.63, 3.8) is 0 Å². The van der Waals surface area contributed by atoms with Crippen LogP contribution >= 0.6 is 0 Å². The number of anilines is 2. The molecule has 14 heteroatoms. The maximum atomic E-state index is 12.4. The molecule has 1 unspecified atom stereocenters. The number of fused-ring (bicyclic) bond motifs is 3. The van der Waals surface area contributed by atoms with E-state index in [4.69, 9.17) is 28.9 Å². The molecule has 2 aliphatic rings.